The molecule has 1 atom stereocenters. The summed E-state index contributed by atoms with van der Waals surface area (Å²) in [4.78, 5) is 12.6. The van der Waals surface area contributed by atoms with Gasteiger partial charge >= 0.3 is 0 Å². The van der Waals surface area contributed by atoms with Crippen LogP contribution in [0.5, 0.6) is 0 Å². The highest BCUT2D eigenvalue weighted by Gasteiger charge is 2.26. The van der Waals surface area contributed by atoms with Crippen molar-refractivity contribution in [1.82, 2.24) is 14.8 Å². The normalized spacial score (nSPS) is 22.9. The molecule has 1 fully saturated rings. The summed E-state index contributed by atoms with van der Waals surface area (Å²) in [5.41, 5.74) is 7.11. The van der Waals surface area contributed by atoms with Gasteiger partial charge in [0.1, 0.15) is 0 Å². The van der Waals surface area contributed by atoms with Crippen molar-refractivity contribution in [2.45, 2.75) is 12.5 Å². The Bertz CT molecular complexity index is 568. The molecule has 3 heterocycles. The minimum Gasteiger partial charge on any atom is -0.342 e. The quantitative estimate of drug-likeness (QED) is 0.827. The van der Waals surface area contributed by atoms with Crippen molar-refractivity contribution >= 4 is 11.7 Å². The molecule has 2 aliphatic rings. The number of likely N-dealkylation sites (N-methyl/N-ethyl adjacent to an activating group) is 1. The van der Waals surface area contributed by atoms with Gasteiger partial charge in [0.2, 0.25) is 5.96 Å². The molecular weight excluding hydrogens is 257 g/mol. The molecule has 5 nitrogen and oxygen atoms in total. The van der Waals surface area contributed by atoms with E-state index in [2.05, 4.69) is 19.8 Å². The molecule has 1 saturated heterocycles. The second kappa shape index (κ2) is 5.20. The summed E-state index contributed by atoms with van der Waals surface area (Å²) in [6, 6.07) is 1.85. The molecule has 1 aromatic rings. The van der Waals surface area contributed by atoms with Crippen LogP contribution in [-0.2, 0) is 0 Å². The zero-order valence-corrected chi connectivity index (χ0v) is 11.5. The highest BCUT2D eigenvalue weighted by Crippen LogP contribution is 2.23. The topological polar surface area (TPSA) is 57.8 Å². The third kappa shape index (κ3) is 2.38. The van der Waals surface area contributed by atoms with Crippen LogP contribution in [0.25, 0.3) is 5.70 Å². The van der Waals surface area contributed by atoms with Crippen LogP contribution in [0, 0.1) is 5.82 Å². The van der Waals surface area contributed by atoms with Gasteiger partial charge in [-0.3, -0.25) is 4.98 Å². The van der Waals surface area contributed by atoms with Gasteiger partial charge < -0.3 is 15.5 Å². The predicted octanol–water partition coefficient (Wildman–Crippen LogP) is 0.896. The molecule has 0 bridgehead atoms. The van der Waals surface area contributed by atoms with Gasteiger partial charge in [-0.1, -0.05) is 0 Å². The van der Waals surface area contributed by atoms with Crippen LogP contribution in [0.15, 0.2) is 29.5 Å². The molecule has 0 aromatic carbocycles. The first kappa shape index (κ1) is 13.1. The van der Waals surface area contributed by atoms with E-state index < -0.39 is 0 Å². The average Bonchev–Trinajstić information content (AvgIpc) is 2.87. The lowest BCUT2D eigenvalue weighted by Gasteiger charge is -2.31. The molecule has 6 heteroatoms. The average molecular weight is 275 g/mol. The van der Waals surface area contributed by atoms with Crippen molar-refractivity contribution in [2.75, 3.05) is 26.7 Å². The molecule has 0 amide bonds. The third-order valence-corrected chi connectivity index (χ3v) is 3.68. The maximum absolute atomic E-state index is 13.8. The minimum atomic E-state index is -0.343. The molecule has 1 aromatic heterocycles. The number of guanidine groups is 1. The van der Waals surface area contributed by atoms with E-state index in [-0.39, 0.29) is 11.9 Å². The van der Waals surface area contributed by atoms with Crippen LogP contribution in [0.1, 0.15) is 12.0 Å². The maximum atomic E-state index is 13.8. The summed E-state index contributed by atoms with van der Waals surface area (Å²) in [5, 5.41) is 0. The van der Waals surface area contributed by atoms with Crippen molar-refractivity contribution in [3.63, 3.8) is 0 Å². The zero-order valence-electron chi connectivity index (χ0n) is 11.5. The van der Waals surface area contributed by atoms with Crippen molar-refractivity contribution < 1.29 is 4.39 Å². The Hall–Kier alpha value is -1.95. The Kier molecular flexibility index (Phi) is 3.40. The number of pyridine rings is 1. The van der Waals surface area contributed by atoms with Gasteiger partial charge in [0.15, 0.2) is 5.82 Å². The monoisotopic (exact) mass is 275 g/mol. The zero-order chi connectivity index (χ0) is 14.1. The fraction of sp³-hybridized carbons (Fsp3) is 0.429. The van der Waals surface area contributed by atoms with E-state index in [1.807, 2.05) is 13.1 Å². The lowest BCUT2D eigenvalue weighted by molar-refractivity contribution is 0.406. The van der Waals surface area contributed by atoms with Crippen LogP contribution in [0.2, 0.25) is 0 Å². The number of aliphatic imine (C=N–C) groups is 1. The van der Waals surface area contributed by atoms with E-state index in [1.165, 1.54) is 6.20 Å². The van der Waals surface area contributed by atoms with Crippen molar-refractivity contribution in [1.29, 1.82) is 0 Å². The summed E-state index contributed by atoms with van der Waals surface area (Å²) in [7, 11) is 1.98. The van der Waals surface area contributed by atoms with Crippen molar-refractivity contribution in [3.8, 4) is 0 Å². The van der Waals surface area contributed by atoms with Gasteiger partial charge in [0, 0.05) is 44.5 Å². The summed E-state index contributed by atoms with van der Waals surface area (Å²) in [6.45, 7) is 2.41. The largest absolute Gasteiger partial charge is 0.342 e. The highest BCUT2D eigenvalue weighted by atomic mass is 19.1. The first-order chi connectivity index (χ1) is 9.65. The third-order valence-electron chi connectivity index (χ3n) is 3.68. The maximum Gasteiger partial charge on any atom is 0.201 e. The fourth-order valence-electron chi connectivity index (χ4n) is 2.58. The molecule has 0 unspecified atom stereocenters. The summed E-state index contributed by atoms with van der Waals surface area (Å²) >= 11 is 0. The second-order valence-corrected chi connectivity index (χ2v) is 5.23. The number of hydrogen-bond donors (Lipinski definition) is 1. The van der Waals surface area contributed by atoms with Gasteiger partial charge in [-0.2, -0.15) is 0 Å². The molecule has 0 aliphatic carbocycles. The number of aromatic nitrogens is 1. The lowest BCUT2D eigenvalue weighted by Crippen LogP contribution is -2.43. The Morgan fingerprint density at radius 3 is 3.00 bits per heavy atom. The van der Waals surface area contributed by atoms with E-state index in [4.69, 9.17) is 5.73 Å². The van der Waals surface area contributed by atoms with Crippen LogP contribution < -0.4 is 5.73 Å². The SMILES string of the molecule is CN1CC=C(c2ccncc2F)N=C1N1CC[C@@H](N)C1. The van der Waals surface area contributed by atoms with Gasteiger partial charge in [0.05, 0.1) is 11.9 Å². The van der Waals surface area contributed by atoms with Crippen LogP contribution in [0.4, 0.5) is 4.39 Å². The Balaban J connectivity index is 1.91. The highest BCUT2D eigenvalue weighted by molar-refractivity contribution is 5.88. The molecular formula is C14H18FN5. The molecule has 0 radical (unpaired) electrons. The standard InChI is InChI=1S/C14H18FN5/c1-19-6-4-13(11-2-5-17-8-12(11)15)18-14(19)20-7-3-10(16)9-20/h2,4-5,8,10H,3,6-7,9,16H2,1H3/t10-/m1/s1. The number of hydrogen-bond acceptors (Lipinski definition) is 5. The number of nitrogens with two attached hydrogens (primary N) is 1. The minimum absolute atomic E-state index is 0.193. The summed E-state index contributed by atoms with van der Waals surface area (Å²) in [5.74, 6) is 0.524. The molecule has 0 saturated carbocycles. The number of halogens is 1. The van der Waals surface area contributed by atoms with Crippen LogP contribution in [0.3, 0.4) is 0 Å². The van der Waals surface area contributed by atoms with E-state index in [0.717, 1.165) is 25.5 Å². The number of rotatable bonds is 1. The first-order valence-corrected chi connectivity index (χ1v) is 6.75. The van der Waals surface area contributed by atoms with E-state index in [1.54, 1.807) is 12.3 Å². The second-order valence-electron chi connectivity index (χ2n) is 5.23. The van der Waals surface area contributed by atoms with Crippen LogP contribution >= 0.6 is 0 Å². The molecule has 2 aliphatic heterocycles. The Morgan fingerprint density at radius 1 is 1.45 bits per heavy atom. The smallest absolute Gasteiger partial charge is 0.201 e. The number of likely N-dealkylation sites (tertiary alicyclic amines) is 1. The van der Waals surface area contributed by atoms with E-state index in [0.29, 0.717) is 17.8 Å². The number of nitrogens with zero attached hydrogens (tertiary/aromatic N) is 4. The summed E-state index contributed by atoms with van der Waals surface area (Å²) < 4.78 is 13.8. The van der Waals surface area contributed by atoms with Crippen LogP contribution in [-0.4, -0.2) is 53.5 Å². The molecule has 0 spiro atoms. The van der Waals surface area contributed by atoms with Crippen molar-refractivity contribution in [2.24, 2.45) is 10.7 Å². The van der Waals surface area contributed by atoms with Gasteiger partial charge in [-0.25, -0.2) is 9.38 Å². The molecule has 2 N–H and O–H groups in total. The van der Waals surface area contributed by atoms with E-state index in [9.17, 15) is 4.39 Å². The van der Waals surface area contributed by atoms with Gasteiger partial charge in [-0.15, -0.1) is 0 Å². The summed E-state index contributed by atoms with van der Waals surface area (Å²) in [6.07, 6.45) is 5.70. The first-order valence-electron chi connectivity index (χ1n) is 6.75. The lowest BCUT2D eigenvalue weighted by atomic mass is 10.1. The van der Waals surface area contributed by atoms with Gasteiger partial charge in [0.25, 0.3) is 0 Å². The fourth-order valence-corrected chi connectivity index (χ4v) is 2.58. The molecule has 20 heavy (non-hydrogen) atoms. The Labute approximate surface area is 117 Å². The van der Waals surface area contributed by atoms with E-state index >= 15 is 0 Å². The Morgan fingerprint density at radius 2 is 2.30 bits per heavy atom. The molecule has 106 valence electrons. The van der Waals surface area contributed by atoms with Gasteiger partial charge in [-0.05, 0) is 18.6 Å². The molecule has 3 rings (SSSR count). The predicted molar refractivity (Wildman–Crippen MR) is 76.4 cm³/mol. The van der Waals surface area contributed by atoms with Crippen molar-refractivity contribution in [3.05, 3.63) is 35.9 Å².